The van der Waals surface area contributed by atoms with Crippen LogP contribution < -0.4 is 16.0 Å². The molecule has 1 aliphatic rings. The molecule has 0 aliphatic carbocycles. The second-order valence-corrected chi connectivity index (χ2v) is 6.67. The minimum atomic E-state index is -0.897. The Labute approximate surface area is 160 Å². The molecule has 4 rings (SSSR count). The number of nitrogens with zero attached hydrogens (tertiary/aromatic N) is 1. The summed E-state index contributed by atoms with van der Waals surface area (Å²) in [5.41, 5.74) is 2.71. The summed E-state index contributed by atoms with van der Waals surface area (Å²) in [4.78, 5) is 25.0. The number of allylic oxidation sites excluding steroid dienone is 1. The van der Waals surface area contributed by atoms with Gasteiger partial charge in [-0.15, -0.1) is 0 Å². The number of hydrogen-bond acceptors (Lipinski definition) is 3. The second kappa shape index (κ2) is 6.80. The second-order valence-electron chi connectivity index (χ2n) is 6.67. The van der Waals surface area contributed by atoms with E-state index in [0.29, 0.717) is 16.9 Å². The summed E-state index contributed by atoms with van der Waals surface area (Å²) in [5.74, 6) is -0.883. The number of aromatic nitrogens is 2. The molecule has 8 heteroatoms. The molecular weight excluding hydrogens is 361 g/mol. The number of anilines is 1. The molecular formula is C20H18FN5O2. The lowest BCUT2D eigenvalue weighted by atomic mass is 9.93. The highest BCUT2D eigenvalue weighted by molar-refractivity contribution is 6.07. The first-order valence-electron chi connectivity index (χ1n) is 8.72. The number of aryl methyl sites for hydroxylation is 1. The maximum atomic E-state index is 14.7. The van der Waals surface area contributed by atoms with Crippen LogP contribution in [0.2, 0.25) is 0 Å². The Kier molecular flexibility index (Phi) is 4.31. The fourth-order valence-electron chi connectivity index (χ4n) is 3.34. The summed E-state index contributed by atoms with van der Waals surface area (Å²) in [6.07, 6.45) is 1.66. The highest BCUT2D eigenvalue weighted by Gasteiger charge is 2.33. The predicted molar refractivity (Wildman–Crippen MR) is 103 cm³/mol. The van der Waals surface area contributed by atoms with Crippen LogP contribution in [-0.4, -0.2) is 22.1 Å². The van der Waals surface area contributed by atoms with Crippen molar-refractivity contribution in [3.63, 3.8) is 0 Å². The normalized spacial score (nSPS) is 16.7. The van der Waals surface area contributed by atoms with Crippen molar-refractivity contribution in [3.8, 4) is 0 Å². The van der Waals surface area contributed by atoms with E-state index in [1.165, 1.54) is 0 Å². The van der Waals surface area contributed by atoms with Gasteiger partial charge >= 0.3 is 6.03 Å². The minimum Gasteiger partial charge on any atom is -0.327 e. The van der Waals surface area contributed by atoms with Gasteiger partial charge in [0.1, 0.15) is 5.82 Å². The van der Waals surface area contributed by atoms with Crippen LogP contribution >= 0.6 is 0 Å². The van der Waals surface area contributed by atoms with Crippen molar-refractivity contribution in [3.05, 3.63) is 70.8 Å². The summed E-state index contributed by atoms with van der Waals surface area (Å²) in [6.45, 7) is 3.26. The number of benzene rings is 2. The van der Waals surface area contributed by atoms with Crippen LogP contribution in [0.4, 0.5) is 14.9 Å². The molecule has 0 spiro atoms. The van der Waals surface area contributed by atoms with Crippen molar-refractivity contribution in [2.24, 2.45) is 0 Å². The van der Waals surface area contributed by atoms with Gasteiger partial charge in [-0.1, -0.05) is 18.2 Å². The molecule has 1 aliphatic heterocycles. The maximum absolute atomic E-state index is 14.7. The standard InChI is InChI=1S/C20H18FN5O2/c1-10-4-3-5-14(17(10)21)18-16(11(2)23-20(28)25-18)19(27)24-13-6-7-15-12(8-13)9-22-26-15/h3-9,18H,1-2H3,(H,22,26)(H,24,27)(H2,23,25,28). The molecule has 2 heterocycles. The Balaban J connectivity index is 1.71. The third-order valence-corrected chi connectivity index (χ3v) is 4.74. The fourth-order valence-corrected chi connectivity index (χ4v) is 3.34. The number of nitrogens with one attached hydrogen (secondary N) is 4. The van der Waals surface area contributed by atoms with Gasteiger partial charge in [-0.3, -0.25) is 9.89 Å². The lowest BCUT2D eigenvalue weighted by Crippen LogP contribution is -2.46. The van der Waals surface area contributed by atoms with Crippen LogP contribution in [0, 0.1) is 12.7 Å². The predicted octanol–water partition coefficient (Wildman–Crippen LogP) is 3.28. The number of fused-ring (bicyclic) bond motifs is 1. The number of urea groups is 1. The zero-order valence-corrected chi connectivity index (χ0v) is 15.3. The largest absolute Gasteiger partial charge is 0.327 e. The average Bonchev–Trinajstić information content (AvgIpc) is 3.11. The number of H-pyrrole nitrogens is 1. The van der Waals surface area contributed by atoms with Gasteiger partial charge in [0.25, 0.3) is 5.91 Å². The van der Waals surface area contributed by atoms with Crippen molar-refractivity contribution in [1.29, 1.82) is 0 Å². The van der Waals surface area contributed by atoms with Gasteiger partial charge in [0.2, 0.25) is 0 Å². The Morgan fingerprint density at radius 3 is 2.86 bits per heavy atom. The Bertz CT molecular complexity index is 1130. The van der Waals surface area contributed by atoms with Crippen LogP contribution in [0.15, 0.2) is 53.9 Å². The van der Waals surface area contributed by atoms with Crippen LogP contribution in [0.25, 0.3) is 10.9 Å². The van der Waals surface area contributed by atoms with Crippen molar-refractivity contribution >= 4 is 28.5 Å². The number of amides is 3. The highest BCUT2D eigenvalue weighted by Crippen LogP contribution is 2.30. The van der Waals surface area contributed by atoms with Gasteiger partial charge in [-0.05, 0) is 37.6 Å². The van der Waals surface area contributed by atoms with Crippen molar-refractivity contribution in [1.82, 2.24) is 20.8 Å². The molecule has 1 aromatic heterocycles. The lowest BCUT2D eigenvalue weighted by molar-refractivity contribution is -0.113. The number of carbonyl (C=O) groups is 2. The Morgan fingerprint density at radius 2 is 2.04 bits per heavy atom. The van der Waals surface area contributed by atoms with Crippen LogP contribution in [0.1, 0.15) is 24.1 Å². The van der Waals surface area contributed by atoms with E-state index in [2.05, 4.69) is 26.1 Å². The molecule has 4 N–H and O–H groups in total. The summed E-state index contributed by atoms with van der Waals surface area (Å²) < 4.78 is 14.7. The number of carbonyl (C=O) groups excluding carboxylic acids is 2. The Morgan fingerprint density at radius 1 is 1.21 bits per heavy atom. The number of aromatic amines is 1. The molecule has 3 aromatic rings. The molecule has 7 nitrogen and oxygen atoms in total. The van der Waals surface area contributed by atoms with Gasteiger partial charge in [-0.25, -0.2) is 9.18 Å². The molecule has 2 aromatic carbocycles. The highest BCUT2D eigenvalue weighted by atomic mass is 19.1. The average molecular weight is 379 g/mol. The first-order chi connectivity index (χ1) is 13.4. The number of rotatable bonds is 3. The van der Waals surface area contributed by atoms with Crippen molar-refractivity contribution < 1.29 is 14.0 Å². The van der Waals surface area contributed by atoms with Crippen LogP contribution in [0.5, 0.6) is 0 Å². The van der Waals surface area contributed by atoms with Crippen LogP contribution in [0.3, 0.4) is 0 Å². The third kappa shape index (κ3) is 3.09. The molecule has 142 valence electrons. The third-order valence-electron chi connectivity index (χ3n) is 4.74. The fraction of sp³-hybridized carbons (Fsp3) is 0.150. The zero-order chi connectivity index (χ0) is 19.8. The molecule has 0 bridgehead atoms. The molecule has 1 unspecified atom stereocenters. The molecule has 0 radical (unpaired) electrons. The smallest absolute Gasteiger partial charge is 0.319 e. The summed E-state index contributed by atoms with van der Waals surface area (Å²) >= 11 is 0. The van der Waals surface area contributed by atoms with E-state index in [-0.39, 0.29) is 11.1 Å². The van der Waals surface area contributed by atoms with Gasteiger partial charge in [0, 0.05) is 22.3 Å². The van der Waals surface area contributed by atoms with E-state index >= 15 is 0 Å². The first kappa shape index (κ1) is 17.7. The number of hydrogen-bond donors (Lipinski definition) is 4. The molecule has 1 atom stereocenters. The topological polar surface area (TPSA) is 98.9 Å². The Hall–Kier alpha value is -3.68. The van der Waals surface area contributed by atoms with E-state index in [0.717, 1.165) is 10.9 Å². The molecule has 3 amide bonds. The van der Waals surface area contributed by atoms with E-state index in [4.69, 9.17) is 0 Å². The quantitative estimate of drug-likeness (QED) is 0.562. The van der Waals surface area contributed by atoms with E-state index in [9.17, 15) is 14.0 Å². The number of halogens is 1. The maximum Gasteiger partial charge on any atom is 0.319 e. The molecule has 0 saturated heterocycles. The van der Waals surface area contributed by atoms with Crippen molar-refractivity contribution in [2.45, 2.75) is 19.9 Å². The molecule has 0 saturated carbocycles. The first-order valence-corrected chi connectivity index (χ1v) is 8.72. The van der Waals surface area contributed by atoms with Gasteiger partial charge in [0.15, 0.2) is 0 Å². The van der Waals surface area contributed by atoms with Gasteiger partial charge in [0.05, 0.1) is 23.3 Å². The summed E-state index contributed by atoms with van der Waals surface area (Å²) in [7, 11) is 0. The zero-order valence-electron chi connectivity index (χ0n) is 15.3. The summed E-state index contributed by atoms with van der Waals surface area (Å²) in [5, 5.41) is 15.7. The van der Waals surface area contributed by atoms with Crippen molar-refractivity contribution in [2.75, 3.05) is 5.32 Å². The summed E-state index contributed by atoms with van der Waals surface area (Å²) in [6, 6.07) is 8.84. The van der Waals surface area contributed by atoms with E-state index in [1.807, 2.05) is 0 Å². The molecule has 0 fully saturated rings. The molecule has 28 heavy (non-hydrogen) atoms. The lowest BCUT2D eigenvalue weighted by Gasteiger charge is -2.29. The SMILES string of the molecule is CC1=C(C(=O)Nc2ccc3[nH]ncc3c2)C(c2cccc(C)c2F)NC(=O)N1. The minimum absolute atomic E-state index is 0.240. The van der Waals surface area contributed by atoms with E-state index < -0.39 is 23.8 Å². The van der Waals surface area contributed by atoms with Crippen LogP contribution in [-0.2, 0) is 4.79 Å². The van der Waals surface area contributed by atoms with Gasteiger partial charge < -0.3 is 16.0 Å². The van der Waals surface area contributed by atoms with Gasteiger partial charge in [-0.2, -0.15) is 5.10 Å². The monoisotopic (exact) mass is 379 g/mol. The van der Waals surface area contributed by atoms with E-state index in [1.54, 1.807) is 56.4 Å².